The lowest BCUT2D eigenvalue weighted by Crippen LogP contribution is -2.63. The maximum atomic E-state index is 7.14. The Morgan fingerprint density at radius 2 is 1.02 bits per heavy atom. The topological polar surface area (TPSA) is 102 Å². The molecule has 0 N–H and O–H groups in total. The first-order chi connectivity index (χ1) is 27.7. The van der Waals surface area contributed by atoms with E-state index >= 15 is 0 Å². The van der Waals surface area contributed by atoms with Crippen molar-refractivity contribution in [2.24, 2.45) is 0 Å². The second kappa shape index (κ2) is 18.1. The monoisotopic (exact) mass is 782 g/mol. The van der Waals surface area contributed by atoms with Gasteiger partial charge in [0.25, 0.3) is 0 Å². The molecule has 304 valence electrons. The summed E-state index contributed by atoms with van der Waals surface area (Å²) in [5.41, 5.74) is 4.06. The van der Waals surface area contributed by atoms with Gasteiger partial charge >= 0.3 is 0 Å². The summed E-state index contributed by atoms with van der Waals surface area (Å²) in [6.07, 6.45) is -6.67. The van der Waals surface area contributed by atoms with E-state index in [2.05, 4.69) is 0 Å². The van der Waals surface area contributed by atoms with Gasteiger partial charge in [0.05, 0.1) is 39.6 Å². The van der Waals surface area contributed by atoms with Crippen molar-refractivity contribution in [3.05, 3.63) is 144 Å². The van der Waals surface area contributed by atoms with Gasteiger partial charge in [0.1, 0.15) is 48.8 Å². The molecule has 4 heterocycles. The molecule has 0 radical (unpaired) electrons. The van der Waals surface area contributed by atoms with Crippen LogP contribution in [0.3, 0.4) is 0 Å². The quantitative estimate of drug-likeness (QED) is 0.116. The number of rotatable bonds is 16. The number of ether oxygens (including phenoxy) is 11. The van der Waals surface area contributed by atoms with Crippen molar-refractivity contribution >= 4 is 0 Å². The summed E-state index contributed by atoms with van der Waals surface area (Å²) in [6.45, 7) is 9.30. The third-order valence-electron chi connectivity index (χ3n) is 10.6. The zero-order valence-corrected chi connectivity index (χ0v) is 33.1. The van der Waals surface area contributed by atoms with Gasteiger partial charge in [-0.1, -0.05) is 121 Å². The molecule has 0 unspecified atom stereocenters. The van der Waals surface area contributed by atoms with Crippen molar-refractivity contribution in [2.75, 3.05) is 13.2 Å². The average molecular weight is 783 g/mol. The van der Waals surface area contributed by atoms with Crippen molar-refractivity contribution in [2.45, 2.75) is 127 Å². The van der Waals surface area contributed by atoms with Gasteiger partial charge in [-0.25, -0.2) is 0 Å². The zero-order chi connectivity index (χ0) is 39.2. The van der Waals surface area contributed by atoms with Crippen molar-refractivity contribution in [1.82, 2.24) is 0 Å². The zero-order valence-electron chi connectivity index (χ0n) is 33.1. The van der Waals surface area contributed by atoms with E-state index in [-0.39, 0.29) is 13.2 Å². The summed E-state index contributed by atoms with van der Waals surface area (Å²) in [5.74, 6) is -1.68. The van der Waals surface area contributed by atoms with Gasteiger partial charge in [-0.3, -0.25) is 0 Å². The van der Waals surface area contributed by atoms with Crippen LogP contribution in [0.15, 0.2) is 121 Å². The Morgan fingerprint density at radius 3 is 1.54 bits per heavy atom. The predicted molar refractivity (Wildman–Crippen MR) is 208 cm³/mol. The molecule has 8 rings (SSSR count). The fourth-order valence-corrected chi connectivity index (χ4v) is 7.85. The van der Waals surface area contributed by atoms with E-state index in [0.29, 0.717) is 26.4 Å². The van der Waals surface area contributed by atoms with Crippen molar-refractivity contribution < 1.29 is 52.1 Å². The Bertz CT molecular complexity index is 1810. The molecule has 4 fully saturated rings. The summed E-state index contributed by atoms with van der Waals surface area (Å²) in [6, 6.07) is 40.2. The first kappa shape index (κ1) is 40.2. The number of hydrogen-bond donors (Lipinski definition) is 0. The number of benzene rings is 4. The molecule has 0 saturated carbocycles. The molecule has 4 aliphatic heterocycles. The normalized spacial score (nSPS) is 31.6. The Kier molecular flexibility index (Phi) is 12.8. The fraction of sp³-hybridized carbons (Fsp3) is 0.478. The van der Waals surface area contributed by atoms with Gasteiger partial charge < -0.3 is 52.1 Å². The van der Waals surface area contributed by atoms with Gasteiger partial charge in [-0.05, 0) is 49.9 Å². The minimum Gasteiger partial charge on any atom is -0.374 e. The Hall–Kier alpha value is -3.56. The molecule has 11 heteroatoms. The highest BCUT2D eigenvalue weighted by Crippen LogP contribution is 2.44. The first-order valence-electron chi connectivity index (χ1n) is 19.9. The molecular weight excluding hydrogens is 728 g/mol. The second-order valence-electron chi connectivity index (χ2n) is 15.9. The van der Waals surface area contributed by atoms with Gasteiger partial charge in [0, 0.05) is 0 Å². The molecule has 0 spiro atoms. The van der Waals surface area contributed by atoms with Crippen LogP contribution in [0.5, 0.6) is 0 Å². The lowest BCUT2D eigenvalue weighted by Gasteiger charge is -2.47. The van der Waals surface area contributed by atoms with Crippen LogP contribution in [-0.4, -0.2) is 86.2 Å². The van der Waals surface area contributed by atoms with Gasteiger partial charge in [-0.15, -0.1) is 0 Å². The molecule has 4 aromatic rings. The number of fused-ring (bicyclic) bond motifs is 1. The van der Waals surface area contributed by atoms with Crippen molar-refractivity contribution in [3.63, 3.8) is 0 Å². The van der Waals surface area contributed by atoms with Crippen LogP contribution >= 0.6 is 0 Å². The maximum absolute atomic E-state index is 7.14. The summed E-state index contributed by atoms with van der Waals surface area (Å²) in [7, 11) is 0. The van der Waals surface area contributed by atoms with E-state index in [0.717, 1.165) is 22.3 Å². The highest BCUT2D eigenvalue weighted by Gasteiger charge is 2.61. The van der Waals surface area contributed by atoms with E-state index < -0.39 is 73.0 Å². The molecule has 0 bridgehead atoms. The van der Waals surface area contributed by atoms with Crippen molar-refractivity contribution in [3.8, 4) is 0 Å². The van der Waals surface area contributed by atoms with Crippen LogP contribution in [0.2, 0.25) is 0 Å². The Balaban J connectivity index is 1.14. The largest absolute Gasteiger partial charge is 0.374 e. The summed E-state index contributed by atoms with van der Waals surface area (Å²) in [4.78, 5) is 0. The standard InChI is InChI=1S/C46H54O11/c1-45(2)51-30-36(55-45)38-40(42-44(53-38)57-46(3,4)56-42)54-43-41(50-28-34-23-15-8-16-24-34)39(49-27-33-21-13-7-14-22-33)37(48-26-32-19-11-6-12-20-32)35(52-43)29-47-25-31-17-9-5-10-18-31/h5-24,35-44H,25-30H2,1-4H3/t35-,36-,37-,38-,39+,40+,41-,42-,43+,44+/m1/s1. The molecule has 10 atom stereocenters. The molecule has 0 amide bonds. The molecular formula is C46H54O11. The molecule has 0 aromatic heterocycles. The van der Waals surface area contributed by atoms with Gasteiger partial charge in [0.15, 0.2) is 24.2 Å². The summed E-state index contributed by atoms with van der Waals surface area (Å²) < 4.78 is 72.8. The number of hydrogen-bond acceptors (Lipinski definition) is 11. The Morgan fingerprint density at radius 1 is 0.509 bits per heavy atom. The highest BCUT2D eigenvalue weighted by molar-refractivity contribution is 5.16. The van der Waals surface area contributed by atoms with E-state index in [9.17, 15) is 0 Å². The van der Waals surface area contributed by atoms with Crippen LogP contribution in [0, 0.1) is 0 Å². The molecule has 11 nitrogen and oxygen atoms in total. The van der Waals surface area contributed by atoms with Crippen LogP contribution in [-0.2, 0) is 78.5 Å². The molecule has 57 heavy (non-hydrogen) atoms. The first-order valence-corrected chi connectivity index (χ1v) is 19.9. The molecule has 4 saturated heterocycles. The fourth-order valence-electron chi connectivity index (χ4n) is 7.85. The van der Waals surface area contributed by atoms with E-state index in [1.165, 1.54) is 0 Å². The van der Waals surface area contributed by atoms with E-state index in [4.69, 9.17) is 52.1 Å². The molecule has 4 aliphatic rings. The predicted octanol–water partition coefficient (Wildman–Crippen LogP) is 7.10. The minimum absolute atomic E-state index is 0.196. The maximum Gasteiger partial charge on any atom is 0.190 e. The van der Waals surface area contributed by atoms with Crippen LogP contribution in [0.1, 0.15) is 49.9 Å². The second-order valence-corrected chi connectivity index (χ2v) is 15.9. The smallest absolute Gasteiger partial charge is 0.190 e. The SMILES string of the molecule is CC1(C)O[C@@H]2O[C@H]([C@H]3COC(C)(C)O3)[C@H](O[C@@H]3O[C@H](COCc4ccccc4)[C@@H](OCc4ccccc4)[C@H](OCc4ccccc4)[C@H]3OCc3ccccc3)[C@H]2O1. The van der Waals surface area contributed by atoms with E-state index in [1.54, 1.807) is 0 Å². The summed E-state index contributed by atoms with van der Waals surface area (Å²) in [5, 5.41) is 0. The Labute approximate surface area is 335 Å². The van der Waals surface area contributed by atoms with Gasteiger partial charge in [-0.2, -0.15) is 0 Å². The van der Waals surface area contributed by atoms with Gasteiger partial charge in [0.2, 0.25) is 0 Å². The minimum atomic E-state index is -0.978. The average Bonchev–Trinajstić information content (AvgIpc) is 3.85. The highest BCUT2D eigenvalue weighted by atomic mass is 16.9. The van der Waals surface area contributed by atoms with Crippen LogP contribution in [0.4, 0.5) is 0 Å². The molecule has 4 aromatic carbocycles. The lowest BCUT2D eigenvalue weighted by atomic mass is 9.97. The summed E-state index contributed by atoms with van der Waals surface area (Å²) >= 11 is 0. The van der Waals surface area contributed by atoms with Crippen LogP contribution < -0.4 is 0 Å². The van der Waals surface area contributed by atoms with Crippen LogP contribution in [0.25, 0.3) is 0 Å². The van der Waals surface area contributed by atoms with E-state index in [1.807, 2.05) is 149 Å². The third-order valence-corrected chi connectivity index (χ3v) is 10.6. The third kappa shape index (κ3) is 10.2. The van der Waals surface area contributed by atoms with Crippen molar-refractivity contribution in [1.29, 1.82) is 0 Å². The molecule has 0 aliphatic carbocycles. The lowest BCUT2D eigenvalue weighted by molar-refractivity contribution is -0.345.